The van der Waals surface area contributed by atoms with E-state index in [1.54, 1.807) is 20.2 Å². The summed E-state index contributed by atoms with van der Waals surface area (Å²) in [5.41, 5.74) is 4.39. The van der Waals surface area contributed by atoms with Gasteiger partial charge in [-0.15, -0.1) is 5.10 Å². The Morgan fingerprint density at radius 1 is 1.02 bits per heavy atom. The molecule has 0 aliphatic carbocycles. The second-order valence-electron chi connectivity index (χ2n) is 11.3. The van der Waals surface area contributed by atoms with Crippen molar-refractivity contribution in [3.05, 3.63) is 99.5 Å². The van der Waals surface area contributed by atoms with Crippen LogP contribution in [0.1, 0.15) is 52.4 Å². The Kier molecular flexibility index (Phi) is 6.89. The highest BCUT2D eigenvalue weighted by atomic mass is 79.9. The van der Waals surface area contributed by atoms with E-state index in [2.05, 4.69) is 33.2 Å². The van der Waals surface area contributed by atoms with Crippen LogP contribution in [-0.2, 0) is 28.5 Å². The molecule has 1 unspecified atom stereocenters. The summed E-state index contributed by atoms with van der Waals surface area (Å²) < 4.78 is 4.44. The lowest BCUT2D eigenvalue weighted by molar-refractivity contribution is -0.138. The minimum atomic E-state index is -0.393. The Morgan fingerprint density at radius 3 is 2.44 bits per heavy atom. The average molecular weight is 616 g/mol. The first-order valence-electron chi connectivity index (χ1n) is 13.7. The number of benzene rings is 2. The van der Waals surface area contributed by atoms with Crippen molar-refractivity contribution in [3.63, 3.8) is 0 Å². The Morgan fingerprint density at radius 2 is 1.73 bits per heavy atom. The van der Waals surface area contributed by atoms with E-state index in [9.17, 15) is 14.4 Å². The van der Waals surface area contributed by atoms with Gasteiger partial charge in [0.15, 0.2) is 0 Å². The molecule has 0 N–H and O–H groups in total. The Balaban J connectivity index is 1.07. The zero-order chi connectivity index (χ0) is 28.9. The molecule has 10 heteroatoms. The minimum Gasteiger partial charge on any atom is -0.344 e. The maximum absolute atomic E-state index is 13.2. The fraction of sp³-hybridized carbons (Fsp3) is 0.323. The van der Waals surface area contributed by atoms with Gasteiger partial charge in [0.25, 0.3) is 5.91 Å². The number of hydrogen-bond acceptors (Lipinski definition) is 5. The van der Waals surface area contributed by atoms with E-state index < -0.39 is 6.04 Å². The van der Waals surface area contributed by atoms with E-state index in [0.717, 1.165) is 27.1 Å². The Hall–Kier alpha value is -4.05. The van der Waals surface area contributed by atoms with Gasteiger partial charge in [0.2, 0.25) is 11.7 Å². The van der Waals surface area contributed by atoms with Crippen LogP contribution < -0.4 is 4.90 Å². The molecular weight excluding hydrogens is 584 g/mol. The molecule has 2 fully saturated rings. The van der Waals surface area contributed by atoms with Crippen molar-refractivity contribution in [2.45, 2.75) is 38.1 Å². The molecule has 4 aromatic rings. The lowest BCUT2D eigenvalue weighted by Crippen LogP contribution is -2.60. The summed E-state index contributed by atoms with van der Waals surface area (Å²) in [5.74, 6) is -0.0600. The smallest absolute Gasteiger partial charge is 0.251 e. The van der Waals surface area contributed by atoms with E-state index >= 15 is 0 Å². The molecule has 0 saturated carbocycles. The van der Waals surface area contributed by atoms with Gasteiger partial charge in [0.05, 0.1) is 24.0 Å². The second-order valence-corrected chi connectivity index (χ2v) is 12.2. The fourth-order valence-electron chi connectivity index (χ4n) is 5.71. The molecule has 210 valence electrons. The second kappa shape index (κ2) is 10.4. The van der Waals surface area contributed by atoms with Gasteiger partial charge in [-0.2, -0.15) is 0 Å². The predicted octanol–water partition coefficient (Wildman–Crippen LogP) is 4.24. The van der Waals surface area contributed by atoms with Gasteiger partial charge in [-0.05, 0) is 49.7 Å². The predicted molar refractivity (Wildman–Crippen MR) is 158 cm³/mol. The molecule has 4 heterocycles. The van der Waals surface area contributed by atoms with Gasteiger partial charge in [-0.3, -0.25) is 14.4 Å². The zero-order valence-electron chi connectivity index (χ0n) is 23.2. The molecule has 2 saturated heterocycles. The number of hydrogen-bond donors (Lipinski definition) is 0. The number of nitrogens with zero attached hydrogens (tertiary/aromatic N) is 6. The number of carbonyl (C=O) groups is 3. The molecule has 0 bridgehead atoms. The van der Waals surface area contributed by atoms with Crippen molar-refractivity contribution >= 4 is 39.2 Å². The first kappa shape index (κ1) is 27.1. The van der Waals surface area contributed by atoms with Crippen LogP contribution in [0.3, 0.4) is 0 Å². The van der Waals surface area contributed by atoms with Crippen LogP contribution in [0.5, 0.6) is 0 Å². The summed E-state index contributed by atoms with van der Waals surface area (Å²) in [5, 5.41) is 8.71. The number of rotatable bonds is 7. The first-order chi connectivity index (χ1) is 19.6. The normalized spacial score (nSPS) is 18.0. The molecule has 2 aliphatic rings. The van der Waals surface area contributed by atoms with Crippen molar-refractivity contribution in [2.24, 2.45) is 7.05 Å². The maximum atomic E-state index is 13.2. The van der Waals surface area contributed by atoms with Crippen molar-refractivity contribution in [3.8, 4) is 0 Å². The molecular formula is C31H31BrN6O3. The number of halogens is 1. The lowest BCUT2D eigenvalue weighted by atomic mass is 9.79. The zero-order valence-corrected chi connectivity index (χ0v) is 24.8. The first-order valence-corrected chi connectivity index (χ1v) is 14.5. The molecule has 6 rings (SSSR count). The number of anilines is 1. The van der Waals surface area contributed by atoms with Crippen molar-refractivity contribution in [1.82, 2.24) is 24.5 Å². The van der Waals surface area contributed by atoms with Crippen LogP contribution in [0, 0.1) is 6.92 Å². The summed E-state index contributed by atoms with van der Waals surface area (Å²) in [7, 11) is 1.82. The molecule has 41 heavy (non-hydrogen) atoms. The van der Waals surface area contributed by atoms with Gasteiger partial charge in [-0.1, -0.05) is 57.9 Å². The minimum absolute atomic E-state index is 0.00140. The van der Waals surface area contributed by atoms with Crippen molar-refractivity contribution in [2.75, 3.05) is 24.5 Å². The summed E-state index contributed by atoms with van der Waals surface area (Å²) in [6.45, 7) is 5.72. The highest BCUT2D eigenvalue weighted by Gasteiger charge is 2.45. The van der Waals surface area contributed by atoms with Crippen LogP contribution in [0.2, 0.25) is 0 Å². The van der Waals surface area contributed by atoms with Crippen LogP contribution in [0.4, 0.5) is 5.69 Å². The molecule has 2 aromatic heterocycles. The Bertz CT molecular complexity index is 1630. The van der Waals surface area contributed by atoms with E-state index in [0.29, 0.717) is 37.3 Å². The summed E-state index contributed by atoms with van der Waals surface area (Å²) in [6.07, 6.45) is 2.72. The number of ketones is 1. The molecule has 9 nitrogen and oxygen atoms in total. The quantitative estimate of drug-likeness (QED) is 0.290. The molecule has 1 atom stereocenters. The molecule has 2 amide bonds. The summed E-state index contributed by atoms with van der Waals surface area (Å²) in [4.78, 5) is 42.9. The van der Waals surface area contributed by atoms with Gasteiger partial charge in [-0.25, -0.2) is 4.68 Å². The van der Waals surface area contributed by atoms with Crippen LogP contribution >= 0.6 is 15.9 Å². The third kappa shape index (κ3) is 5.01. The van der Waals surface area contributed by atoms with E-state index in [1.807, 2.05) is 79.7 Å². The summed E-state index contributed by atoms with van der Waals surface area (Å²) in [6, 6.07) is 18.4. The molecule has 0 radical (unpaired) electrons. The highest BCUT2D eigenvalue weighted by Crippen LogP contribution is 2.35. The SMILES string of the molecule is Cc1ccc(C(=O)c2ccc(CC(=O)N3CC(C)(c4cn(C5CCN(c6ccc(Br)cc6)C5=O)nn4)C3)n2C)cc1. The fourth-order valence-corrected chi connectivity index (χ4v) is 5.97. The third-order valence-corrected chi connectivity index (χ3v) is 8.83. The largest absolute Gasteiger partial charge is 0.344 e. The number of carbonyl (C=O) groups excluding carboxylic acids is 3. The Labute approximate surface area is 246 Å². The molecule has 2 aliphatic heterocycles. The molecule has 0 spiro atoms. The highest BCUT2D eigenvalue weighted by molar-refractivity contribution is 9.10. The van der Waals surface area contributed by atoms with Gasteiger partial charge in [0, 0.05) is 53.5 Å². The number of aromatic nitrogens is 4. The van der Waals surface area contributed by atoms with Crippen LogP contribution in [-0.4, -0.2) is 61.7 Å². The third-order valence-electron chi connectivity index (χ3n) is 8.30. The summed E-state index contributed by atoms with van der Waals surface area (Å²) >= 11 is 3.44. The van der Waals surface area contributed by atoms with E-state index in [-0.39, 0.29) is 29.4 Å². The van der Waals surface area contributed by atoms with Crippen molar-refractivity contribution < 1.29 is 14.4 Å². The van der Waals surface area contributed by atoms with E-state index in [1.165, 1.54) is 0 Å². The van der Waals surface area contributed by atoms with Gasteiger partial charge >= 0.3 is 0 Å². The monoisotopic (exact) mass is 614 g/mol. The van der Waals surface area contributed by atoms with E-state index in [4.69, 9.17) is 0 Å². The van der Waals surface area contributed by atoms with Crippen LogP contribution in [0.15, 0.2) is 71.3 Å². The topological polar surface area (TPSA) is 93.3 Å². The standard InChI is InChI=1S/C31H31BrN6O3/c1-20-4-6-21(7-5-20)29(40)25-13-12-24(35(25)3)16-28(39)36-18-31(2,19-36)27-17-38(34-33-27)26-14-15-37(30(26)41)23-10-8-22(32)9-11-23/h4-13,17,26H,14-16,18-19H2,1-3H3. The van der Waals surface area contributed by atoms with Crippen molar-refractivity contribution in [1.29, 1.82) is 0 Å². The van der Waals surface area contributed by atoms with Gasteiger partial charge < -0.3 is 14.4 Å². The number of amides is 2. The maximum Gasteiger partial charge on any atom is 0.251 e. The van der Waals surface area contributed by atoms with Gasteiger partial charge in [0.1, 0.15) is 6.04 Å². The number of likely N-dealkylation sites (tertiary alicyclic amines) is 1. The number of aryl methyl sites for hydroxylation is 1. The van der Waals surface area contributed by atoms with Crippen LogP contribution in [0.25, 0.3) is 0 Å². The average Bonchev–Trinajstić information content (AvgIpc) is 3.67. The molecule has 2 aromatic carbocycles. The lowest BCUT2D eigenvalue weighted by Gasteiger charge is -2.46.